The second kappa shape index (κ2) is 6.87. The van der Waals surface area contributed by atoms with Gasteiger partial charge >= 0.3 is 0 Å². The van der Waals surface area contributed by atoms with Gasteiger partial charge in [-0.05, 0) is 37.1 Å². The molecule has 1 amide bonds. The van der Waals surface area contributed by atoms with E-state index >= 15 is 0 Å². The number of aryl methyl sites for hydroxylation is 1. The van der Waals surface area contributed by atoms with Crippen molar-refractivity contribution in [1.82, 2.24) is 15.1 Å². The van der Waals surface area contributed by atoms with Crippen molar-refractivity contribution in [2.24, 2.45) is 0 Å². The first-order valence-corrected chi connectivity index (χ1v) is 9.03. The van der Waals surface area contributed by atoms with Gasteiger partial charge in [-0.15, -0.1) is 0 Å². The van der Waals surface area contributed by atoms with Gasteiger partial charge in [0, 0.05) is 18.4 Å². The van der Waals surface area contributed by atoms with Crippen molar-refractivity contribution in [1.29, 1.82) is 0 Å². The zero-order valence-electron chi connectivity index (χ0n) is 15.4. The Labute approximate surface area is 156 Å². The maximum absolute atomic E-state index is 12.6. The molecule has 6 nitrogen and oxygen atoms in total. The lowest BCUT2D eigenvalue weighted by Gasteiger charge is -2.10. The van der Waals surface area contributed by atoms with Gasteiger partial charge in [-0.2, -0.15) is 5.10 Å². The minimum atomic E-state index is -0.255. The van der Waals surface area contributed by atoms with Gasteiger partial charge in [-0.1, -0.05) is 30.3 Å². The van der Waals surface area contributed by atoms with E-state index in [1.807, 2.05) is 44.2 Å². The Hall–Kier alpha value is -3.15. The highest BCUT2D eigenvalue weighted by Crippen LogP contribution is 2.29. The second-order valence-corrected chi connectivity index (χ2v) is 6.95. The van der Waals surface area contributed by atoms with Gasteiger partial charge in [-0.25, -0.2) is 4.68 Å². The van der Waals surface area contributed by atoms with Gasteiger partial charge in [0.05, 0.1) is 11.1 Å². The van der Waals surface area contributed by atoms with Crippen molar-refractivity contribution in [2.45, 2.75) is 39.5 Å². The first-order valence-electron chi connectivity index (χ1n) is 9.03. The molecule has 138 valence electrons. The number of carbonyl (C=O) groups is 1. The number of nitrogens with zero attached hydrogens (tertiary/aromatic N) is 2. The molecule has 2 heterocycles. The van der Waals surface area contributed by atoms with E-state index in [9.17, 15) is 9.59 Å². The molecule has 0 spiro atoms. The van der Waals surface area contributed by atoms with Crippen molar-refractivity contribution in [3.8, 4) is 5.75 Å². The second-order valence-electron chi connectivity index (χ2n) is 6.95. The summed E-state index contributed by atoms with van der Waals surface area (Å²) in [5.41, 5.74) is 2.65. The third-order valence-corrected chi connectivity index (χ3v) is 4.80. The summed E-state index contributed by atoms with van der Waals surface area (Å²) in [6, 6.07) is 13.3. The van der Waals surface area contributed by atoms with Gasteiger partial charge in [0.15, 0.2) is 0 Å². The van der Waals surface area contributed by atoms with E-state index in [1.54, 1.807) is 6.07 Å². The van der Waals surface area contributed by atoms with Crippen LogP contribution in [0.15, 0.2) is 47.3 Å². The molecule has 1 N–H and O–H groups in total. The fraction of sp³-hybridized carbons (Fsp3) is 0.286. The Morgan fingerprint density at radius 3 is 2.85 bits per heavy atom. The lowest BCUT2D eigenvalue weighted by Crippen LogP contribution is -2.33. The number of carbonyl (C=O) groups excluding carboxylic acids is 1. The average molecular weight is 363 g/mol. The first-order chi connectivity index (χ1) is 13.0. The number of ether oxygens (including phenoxy) is 1. The molecule has 0 radical (unpaired) electrons. The largest absolute Gasteiger partial charge is 0.490 e. The Kier molecular flexibility index (Phi) is 4.39. The first kappa shape index (κ1) is 17.3. The van der Waals surface area contributed by atoms with E-state index in [1.165, 1.54) is 4.68 Å². The SMILES string of the molecule is Cc1nn(CC(=O)NCc2ccc3c(c2)C[C@H](C)O3)c(=O)c2ccccc12. The smallest absolute Gasteiger partial charge is 0.275 e. The zero-order valence-corrected chi connectivity index (χ0v) is 15.4. The van der Waals surface area contributed by atoms with Gasteiger partial charge in [0.1, 0.15) is 18.4 Å². The van der Waals surface area contributed by atoms with Crippen LogP contribution in [0, 0.1) is 6.92 Å². The van der Waals surface area contributed by atoms with Crippen molar-refractivity contribution >= 4 is 16.7 Å². The van der Waals surface area contributed by atoms with Gasteiger partial charge in [0.2, 0.25) is 5.91 Å². The van der Waals surface area contributed by atoms with Crippen LogP contribution in [0.5, 0.6) is 5.75 Å². The van der Waals surface area contributed by atoms with Crippen molar-refractivity contribution in [3.05, 3.63) is 69.6 Å². The fourth-order valence-electron chi connectivity index (χ4n) is 3.49. The molecule has 4 rings (SSSR count). The molecule has 0 unspecified atom stereocenters. The lowest BCUT2D eigenvalue weighted by molar-refractivity contribution is -0.122. The van der Waals surface area contributed by atoms with E-state index in [-0.39, 0.29) is 24.1 Å². The molecule has 0 fully saturated rings. The number of rotatable bonds is 4. The van der Waals surface area contributed by atoms with Gasteiger partial charge < -0.3 is 10.1 Å². The highest BCUT2D eigenvalue weighted by molar-refractivity contribution is 5.83. The number of nitrogens with one attached hydrogen (secondary N) is 1. The summed E-state index contributed by atoms with van der Waals surface area (Å²) >= 11 is 0. The standard InChI is InChI=1S/C21H21N3O3/c1-13-9-16-10-15(7-8-19(16)27-13)11-22-20(25)12-24-21(26)18-6-4-3-5-17(18)14(2)23-24/h3-8,10,13H,9,11-12H2,1-2H3,(H,22,25)/t13-/m0/s1. The summed E-state index contributed by atoms with van der Waals surface area (Å²) in [6.45, 7) is 4.18. The summed E-state index contributed by atoms with van der Waals surface area (Å²) < 4.78 is 6.92. The quantitative estimate of drug-likeness (QED) is 0.772. The van der Waals surface area contributed by atoms with Crippen LogP contribution in [0.25, 0.3) is 10.8 Å². The lowest BCUT2D eigenvalue weighted by atomic mass is 10.1. The molecule has 2 aromatic carbocycles. The molecule has 6 heteroatoms. The maximum Gasteiger partial charge on any atom is 0.275 e. The molecule has 3 aromatic rings. The molecule has 1 aliphatic heterocycles. The highest BCUT2D eigenvalue weighted by atomic mass is 16.5. The Bertz CT molecular complexity index is 1090. The van der Waals surface area contributed by atoms with E-state index in [0.29, 0.717) is 11.9 Å². The molecular formula is C21H21N3O3. The average Bonchev–Trinajstić information content (AvgIpc) is 3.03. The molecule has 27 heavy (non-hydrogen) atoms. The fourth-order valence-corrected chi connectivity index (χ4v) is 3.49. The van der Waals surface area contributed by atoms with Gasteiger partial charge in [-0.3, -0.25) is 9.59 Å². The van der Waals surface area contributed by atoms with E-state index in [0.717, 1.165) is 34.4 Å². The number of hydrogen-bond acceptors (Lipinski definition) is 4. The monoisotopic (exact) mass is 363 g/mol. The Morgan fingerprint density at radius 1 is 1.26 bits per heavy atom. The summed E-state index contributed by atoms with van der Waals surface area (Å²) in [5, 5.41) is 8.53. The molecular weight excluding hydrogens is 342 g/mol. The van der Waals surface area contributed by atoms with Crippen LogP contribution in [0.2, 0.25) is 0 Å². The molecule has 1 atom stereocenters. The summed E-state index contributed by atoms with van der Waals surface area (Å²) in [5.74, 6) is 0.671. The normalized spacial score (nSPS) is 15.4. The predicted molar refractivity (Wildman–Crippen MR) is 103 cm³/mol. The molecule has 1 aliphatic rings. The van der Waals surface area contributed by atoms with Crippen LogP contribution < -0.4 is 15.6 Å². The third kappa shape index (κ3) is 3.43. The number of benzene rings is 2. The van der Waals surface area contributed by atoms with Crippen LogP contribution in [0.3, 0.4) is 0 Å². The number of fused-ring (bicyclic) bond motifs is 2. The van der Waals surface area contributed by atoms with E-state index in [2.05, 4.69) is 16.5 Å². The number of hydrogen-bond donors (Lipinski definition) is 1. The zero-order chi connectivity index (χ0) is 19.0. The highest BCUT2D eigenvalue weighted by Gasteiger charge is 2.19. The summed E-state index contributed by atoms with van der Waals surface area (Å²) in [7, 11) is 0. The van der Waals surface area contributed by atoms with Gasteiger partial charge in [0.25, 0.3) is 5.56 Å². The van der Waals surface area contributed by atoms with Crippen LogP contribution in [-0.2, 0) is 24.3 Å². The Morgan fingerprint density at radius 2 is 2.04 bits per heavy atom. The minimum absolute atomic E-state index is 0.102. The van der Waals surface area contributed by atoms with Crippen LogP contribution >= 0.6 is 0 Å². The van der Waals surface area contributed by atoms with Crippen LogP contribution in [0.4, 0.5) is 0 Å². The summed E-state index contributed by atoms with van der Waals surface area (Å²) in [4.78, 5) is 24.9. The topological polar surface area (TPSA) is 73.2 Å². The maximum atomic E-state index is 12.6. The van der Waals surface area contributed by atoms with Crippen LogP contribution in [0.1, 0.15) is 23.7 Å². The molecule has 0 saturated heterocycles. The molecule has 0 aliphatic carbocycles. The van der Waals surface area contributed by atoms with Crippen molar-refractivity contribution in [2.75, 3.05) is 0 Å². The molecule has 0 saturated carbocycles. The predicted octanol–water partition coefficient (Wildman–Crippen LogP) is 2.34. The minimum Gasteiger partial charge on any atom is -0.490 e. The summed E-state index contributed by atoms with van der Waals surface area (Å²) in [6.07, 6.45) is 1.08. The molecule has 1 aromatic heterocycles. The number of amides is 1. The van der Waals surface area contributed by atoms with Crippen LogP contribution in [-0.4, -0.2) is 21.8 Å². The molecule has 0 bridgehead atoms. The van der Waals surface area contributed by atoms with E-state index < -0.39 is 0 Å². The third-order valence-electron chi connectivity index (χ3n) is 4.80. The van der Waals surface area contributed by atoms with Crippen molar-refractivity contribution in [3.63, 3.8) is 0 Å². The number of aromatic nitrogens is 2. The van der Waals surface area contributed by atoms with Crippen molar-refractivity contribution < 1.29 is 9.53 Å². The Balaban J connectivity index is 1.46. The van der Waals surface area contributed by atoms with E-state index in [4.69, 9.17) is 4.74 Å².